The summed E-state index contributed by atoms with van der Waals surface area (Å²) in [6.45, 7) is 0.739. The number of hydrogen-bond donors (Lipinski definition) is 1. The lowest BCUT2D eigenvalue weighted by molar-refractivity contribution is 0.256. The fourth-order valence-electron chi connectivity index (χ4n) is 3.32. The van der Waals surface area contributed by atoms with Gasteiger partial charge >= 0.3 is 0 Å². The number of rotatable bonds is 3. The van der Waals surface area contributed by atoms with Gasteiger partial charge in [-0.15, -0.1) is 0 Å². The van der Waals surface area contributed by atoms with E-state index >= 15 is 0 Å². The molecule has 1 saturated carbocycles. The number of methoxy groups -OCH3 is 1. The summed E-state index contributed by atoms with van der Waals surface area (Å²) >= 11 is 0. The highest BCUT2D eigenvalue weighted by Gasteiger charge is 2.35. The highest BCUT2D eigenvalue weighted by molar-refractivity contribution is 5.81. The Kier molecular flexibility index (Phi) is 3.32. The quantitative estimate of drug-likeness (QED) is 0.906. The first-order valence-electron chi connectivity index (χ1n) is 7.02. The van der Waals surface area contributed by atoms with Crippen LogP contribution in [-0.4, -0.2) is 30.6 Å². The Morgan fingerprint density at radius 1 is 1.26 bits per heavy atom. The Morgan fingerprint density at radius 2 is 2.00 bits per heavy atom. The Labute approximate surface area is 114 Å². The third-order valence-corrected chi connectivity index (χ3v) is 4.24. The summed E-state index contributed by atoms with van der Waals surface area (Å²) in [4.78, 5) is 6.77. The number of para-hydroxylation sites is 1. The maximum Gasteiger partial charge on any atom is 0.192 e. The van der Waals surface area contributed by atoms with Gasteiger partial charge in [-0.1, -0.05) is 31.0 Å². The van der Waals surface area contributed by atoms with Crippen molar-refractivity contribution in [3.05, 3.63) is 29.8 Å². The SMILES string of the molecule is COc1ccccc1C1CN=C(N)N1C1CCCC1. The molecule has 1 aliphatic heterocycles. The maximum atomic E-state index is 6.11. The van der Waals surface area contributed by atoms with Gasteiger partial charge in [0.2, 0.25) is 0 Å². The van der Waals surface area contributed by atoms with Gasteiger partial charge in [-0.05, 0) is 18.9 Å². The molecule has 0 spiro atoms. The topological polar surface area (TPSA) is 50.9 Å². The summed E-state index contributed by atoms with van der Waals surface area (Å²) in [5.41, 5.74) is 7.31. The Hall–Kier alpha value is -1.71. The van der Waals surface area contributed by atoms with E-state index in [0.29, 0.717) is 12.0 Å². The van der Waals surface area contributed by atoms with Crippen molar-refractivity contribution in [1.82, 2.24) is 4.90 Å². The molecule has 19 heavy (non-hydrogen) atoms. The molecule has 1 aliphatic carbocycles. The Balaban J connectivity index is 1.91. The van der Waals surface area contributed by atoms with E-state index in [9.17, 15) is 0 Å². The van der Waals surface area contributed by atoms with E-state index in [-0.39, 0.29) is 6.04 Å². The second-order valence-electron chi connectivity index (χ2n) is 5.30. The predicted octanol–water partition coefficient (Wildman–Crippen LogP) is 2.31. The van der Waals surface area contributed by atoms with Gasteiger partial charge < -0.3 is 15.4 Å². The first-order chi connectivity index (χ1) is 9.31. The molecule has 0 radical (unpaired) electrons. The molecule has 2 aliphatic rings. The van der Waals surface area contributed by atoms with Crippen molar-refractivity contribution in [3.63, 3.8) is 0 Å². The second-order valence-corrected chi connectivity index (χ2v) is 5.30. The fourth-order valence-corrected chi connectivity index (χ4v) is 3.32. The molecule has 1 fully saturated rings. The molecule has 102 valence electrons. The van der Waals surface area contributed by atoms with Crippen LogP contribution in [-0.2, 0) is 0 Å². The molecule has 0 saturated heterocycles. The van der Waals surface area contributed by atoms with E-state index in [0.717, 1.165) is 12.3 Å². The molecule has 4 nitrogen and oxygen atoms in total. The summed E-state index contributed by atoms with van der Waals surface area (Å²) < 4.78 is 5.49. The molecular formula is C15H21N3O. The van der Waals surface area contributed by atoms with Gasteiger partial charge in [-0.25, -0.2) is 0 Å². The molecule has 4 heteroatoms. The minimum atomic E-state index is 0.235. The number of nitrogens with zero attached hydrogens (tertiary/aromatic N) is 2. The van der Waals surface area contributed by atoms with Crippen LogP contribution in [0.3, 0.4) is 0 Å². The van der Waals surface area contributed by atoms with Crippen molar-refractivity contribution in [1.29, 1.82) is 0 Å². The zero-order valence-electron chi connectivity index (χ0n) is 11.4. The predicted molar refractivity (Wildman–Crippen MR) is 76.3 cm³/mol. The van der Waals surface area contributed by atoms with E-state index in [1.807, 2.05) is 12.1 Å². The van der Waals surface area contributed by atoms with Gasteiger partial charge in [0.15, 0.2) is 5.96 Å². The molecule has 0 aromatic heterocycles. The number of guanidine groups is 1. The number of ether oxygens (including phenoxy) is 1. The molecule has 0 bridgehead atoms. The van der Waals surface area contributed by atoms with Crippen LogP contribution in [0.25, 0.3) is 0 Å². The summed E-state index contributed by atoms with van der Waals surface area (Å²) in [6.07, 6.45) is 5.05. The van der Waals surface area contributed by atoms with E-state index < -0.39 is 0 Å². The van der Waals surface area contributed by atoms with Crippen LogP contribution in [0, 0.1) is 0 Å². The van der Waals surface area contributed by atoms with Crippen LogP contribution >= 0.6 is 0 Å². The molecule has 0 amide bonds. The Bertz CT molecular complexity index is 480. The van der Waals surface area contributed by atoms with Crippen LogP contribution in [0.4, 0.5) is 0 Å². The minimum absolute atomic E-state index is 0.235. The monoisotopic (exact) mass is 259 g/mol. The number of hydrogen-bond acceptors (Lipinski definition) is 4. The molecule has 1 aromatic rings. The van der Waals surface area contributed by atoms with Crippen LogP contribution in [0.15, 0.2) is 29.3 Å². The van der Waals surface area contributed by atoms with E-state index in [4.69, 9.17) is 10.5 Å². The van der Waals surface area contributed by atoms with Crippen molar-refractivity contribution in [2.45, 2.75) is 37.8 Å². The van der Waals surface area contributed by atoms with Crippen molar-refractivity contribution in [2.75, 3.05) is 13.7 Å². The molecule has 1 unspecified atom stereocenters. The van der Waals surface area contributed by atoms with E-state index in [1.54, 1.807) is 7.11 Å². The highest BCUT2D eigenvalue weighted by atomic mass is 16.5. The molecular weight excluding hydrogens is 238 g/mol. The third kappa shape index (κ3) is 2.15. The van der Waals surface area contributed by atoms with Gasteiger partial charge in [-0.3, -0.25) is 4.99 Å². The van der Waals surface area contributed by atoms with Crippen LogP contribution in [0.2, 0.25) is 0 Å². The van der Waals surface area contributed by atoms with Crippen molar-refractivity contribution >= 4 is 5.96 Å². The fraction of sp³-hybridized carbons (Fsp3) is 0.533. The lowest BCUT2D eigenvalue weighted by Gasteiger charge is -2.32. The second kappa shape index (κ2) is 5.11. The lowest BCUT2D eigenvalue weighted by atomic mass is 10.0. The largest absolute Gasteiger partial charge is 0.496 e. The maximum absolute atomic E-state index is 6.11. The van der Waals surface area contributed by atoms with E-state index in [1.165, 1.54) is 31.2 Å². The smallest absolute Gasteiger partial charge is 0.192 e. The molecule has 1 aromatic carbocycles. The van der Waals surface area contributed by atoms with Gasteiger partial charge in [0.05, 0.1) is 19.7 Å². The van der Waals surface area contributed by atoms with Crippen molar-refractivity contribution in [2.24, 2.45) is 10.7 Å². The average molecular weight is 259 g/mol. The average Bonchev–Trinajstić information content (AvgIpc) is 3.07. The summed E-state index contributed by atoms with van der Waals surface area (Å²) in [7, 11) is 1.72. The zero-order chi connectivity index (χ0) is 13.2. The highest BCUT2D eigenvalue weighted by Crippen LogP contribution is 2.37. The molecule has 1 atom stereocenters. The van der Waals surface area contributed by atoms with Crippen molar-refractivity contribution < 1.29 is 4.74 Å². The van der Waals surface area contributed by atoms with Crippen LogP contribution in [0.1, 0.15) is 37.3 Å². The standard InChI is InChI=1S/C15H21N3O/c1-19-14-9-5-4-8-12(14)13-10-17-15(16)18(13)11-6-2-3-7-11/h4-5,8-9,11,13H,2-3,6-7,10H2,1H3,(H2,16,17). The molecule has 3 rings (SSSR count). The third-order valence-electron chi connectivity index (χ3n) is 4.24. The molecule has 1 heterocycles. The number of nitrogens with two attached hydrogens (primary N) is 1. The number of aliphatic imine (C=N–C) groups is 1. The Morgan fingerprint density at radius 3 is 2.74 bits per heavy atom. The minimum Gasteiger partial charge on any atom is -0.496 e. The van der Waals surface area contributed by atoms with Crippen LogP contribution in [0.5, 0.6) is 5.75 Å². The van der Waals surface area contributed by atoms with Gasteiger partial charge in [0.1, 0.15) is 5.75 Å². The van der Waals surface area contributed by atoms with E-state index in [2.05, 4.69) is 22.0 Å². The first kappa shape index (κ1) is 12.3. The summed E-state index contributed by atoms with van der Waals surface area (Å²) in [6, 6.07) is 8.97. The number of benzene rings is 1. The molecule has 2 N–H and O–H groups in total. The van der Waals surface area contributed by atoms with Crippen LogP contribution < -0.4 is 10.5 Å². The van der Waals surface area contributed by atoms with Gasteiger partial charge in [-0.2, -0.15) is 0 Å². The summed E-state index contributed by atoms with van der Waals surface area (Å²) in [5.74, 6) is 1.63. The lowest BCUT2D eigenvalue weighted by Crippen LogP contribution is -2.42. The van der Waals surface area contributed by atoms with Gasteiger partial charge in [0.25, 0.3) is 0 Å². The normalized spacial score (nSPS) is 23.7. The first-order valence-corrected chi connectivity index (χ1v) is 7.02. The van der Waals surface area contributed by atoms with Crippen molar-refractivity contribution in [3.8, 4) is 5.75 Å². The van der Waals surface area contributed by atoms with Gasteiger partial charge in [0, 0.05) is 11.6 Å². The zero-order valence-corrected chi connectivity index (χ0v) is 11.4. The summed E-state index contributed by atoms with van der Waals surface area (Å²) in [5, 5.41) is 0.